The quantitative estimate of drug-likeness (QED) is 0.605. The molecule has 0 spiro atoms. The van der Waals surface area contributed by atoms with Crippen LogP contribution in [0.2, 0.25) is 0 Å². The van der Waals surface area contributed by atoms with Crippen LogP contribution in [0.3, 0.4) is 0 Å². The largest absolute Gasteiger partial charge is 0.477 e. The number of carbonyl (C=O) groups is 1. The summed E-state index contributed by atoms with van der Waals surface area (Å²) in [6.07, 6.45) is 2.17. The number of hydrogen-bond acceptors (Lipinski definition) is 4. The van der Waals surface area contributed by atoms with E-state index in [0.29, 0.717) is 5.92 Å². The van der Waals surface area contributed by atoms with Crippen LogP contribution in [0.15, 0.2) is 42.5 Å². The summed E-state index contributed by atoms with van der Waals surface area (Å²) >= 11 is 0. The summed E-state index contributed by atoms with van der Waals surface area (Å²) in [5.41, 5.74) is 2.88. The van der Waals surface area contributed by atoms with Gasteiger partial charge in [-0.05, 0) is 49.8 Å². The van der Waals surface area contributed by atoms with Crippen LogP contribution in [0.25, 0.3) is 0 Å². The van der Waals surface area contributed by atoms with Crippen LogP contribution >= 0.6 is 0 Å². The predicted octanol–water partition coefficient (Wildman–Crippen LogP) is 3.86. The average Bonchev–Trinajstić information content (AvgIpc) is 3.44. The van der Waals surface area contributed by atoms with E-state index in [9.17, 15) is 14.9 Å². The zero-order valence-corrected chi connectivity index (χ0v) is 14.9. The standard InChI is InChI=1S/C20H22N2O4/c1-13-3-6-15(7-4-13)20(16-8-9-16)21-19(23)12-26-18-10-5-14(2)11-17(18)22(24)25/h3-7,10-11,16,20H,8-9,12H2,1-2H3,(H,21,23). The fraction of sp³-hybridized carbons (Fsp3) is 0.350. The van der Waals surface area contributed by atoms with Crippen LogP contribution in [-0.4, -0.2) is 17.4 Å². The van der Waals surface area contributed by atoms with Crippen LogP contribution in [0.4, 0.5) is 5.69 Å². The highest BCUT2D eigenvalue weighted by molar-refractivity contribution is 5.78. The highest BCUT2D eigenvalue weighted by atomic mass is 16.6. The van der Waals surface area contributed by atoms with Gasteiger partial charge in [0, 0.05) is 6.07 Å². The maximum atomic E-state index is 12.3. The normalized spacial score (nSPS) is 14.5. The number of rotatable bonds is 7. The fourth-order valence-corrected chi connectivity index (χ4v) is 2.93. The van der Waals surface area contributed by atoms with Crippen LogP contribution in [0.5, 0.6) is 5.75 Å². The molecular weight excluding hydrogens is 332 g/mol. The van der Waals surface area contributed by atoms with Crippen molar-refractivity contribution in [2.24, 2.45) is 5.92 Å². The number of carbonyl (C=O) groups excluding carboxylic acids is 1. The van der Waals surface area contributed by atoms with Crippen molar-refractivity contribution < 1.29 is 14.5 Å². The summed E-state index contributed by atoms with van der Waals surface area (Å²) in [5, 5.41) is 14.1. The Labute approximate surface area is 152 Å². The Morgan fingerprint density at radius 1 is 1.19 bits per heavy atom. The average molecular weight is 354 g/mol. The molecule has 1 amide bonds. The molecule has 3 rings (SSSR count). The van der Waals surface area contributed by atoms with Gasteiger partial charge in [-0.3, -0.25) is 14.9 Å². The Balaban J connectivity index is 1.65. The van der Waals surface area contributed by atoms with Crippen LogP contribution in [0.1, 0.15) is 35.6 Å². The molecule has 1 aliphatic rings. The molecule has 1 aliphatic carbocycles. The van der Waals surface area contributed by atoms with Gasteiger partial charge in [0.2, 0.25) is 0 Å². The lowest BCUT2D eigenvalue weighted by molar-refractivity contribution is -0.385. The number of nitro benzene ring substituents is 1. The molecule has 6 heteroatoms. The van der Waals surface area contributed by atoms with Gasteiger partial charge in [-0.15, -0.1) is 0 Å². The molecule has 2 aromatic carbocycles. The zero-order chi connectivity index (χ0) is 18.7. The number of aryl methyl sites for hydroxylation is 2. The first kappa shape index (κ1) is 17.9. The lowest BCUT2D eigenvalue weighted by Gasteiger charge is -2.19. The third-order valence-corrected chi connectivity index (χ3v) is 4.52. The SMILES string of the molecule is Cc1ccc(C(NC(=O)COc2ccc(C)cc2[N+](=O)[O-])C2CC2)cc1. The molecule has 0 heterocycles. The van der Waals surface area contributed by atoms with Gasteiger partial charge in [0.1, 0.15) is 0 Å². The Bertz CT molecular complexity index is 813. The molecular formula is C20H22N2O4. The van der Waals surface area contributed by atoms with Crippen molar-refractivity contribution in [1.29, 1.82) is 0 Å². The maximum Gasteiger partial charge on any atom is 0.311 e. The van der Waals surface area contributed by atoms with E-state index in [0.717, 1.165) is 24.0 Å². The monoisotopic (exact) mass is 354 g/mol. The summed E-state index contributed by atoms with van der Waals surface area (Å²) in [5.74, 6) is 0.266. The van der Waals surface area contributed by atoms with Crippen LogP contribution in [0, 0.1) is 29.9 Å². The number of nitro groups is 1. The molecule has 26 heavy (non-hydrogen) atoms. The van der Waals surface area contributed by atoms with Crippen molar-refractivity contribution >= 4 is 11.6 Å². The van der Waals surface area contributed by atoms with Gasteiger partial charge in [-0.25, -0.2) is 0 Å². The van der Waals surface area contributed by atoms with E-state index < -0.39 is 4.92 Å². The van der Waals surface area contributed by atoms with Gasteiger partial charge in [0.15, 0.2) is 12.4 Å². The molecule has 0 radical (unpaired) electrons. The first-order valence-electron chi connectivity index (χ1n) is 8.68. The summed E-state index contributed by atoms with van der Waals surface area (Å²) in [4.78, 5) is 23.0. The van der Waals surface area contributed by atoms with Gasteiger partial charge in [0.05, 0.1) is 11.0 Å². The van der Waals surface area contributed by atoms with Crippen molar-refractivity contribution in [3.05, 3.63) is 69.3 Å². The molecule has 1 unspecified atom stereocenters. The Hall–Kier alpha value is -2.89. The minimum atomic E-state index is -0.500. The lowest BCUT2D eigenvalue weighted by Crippen LogP contribution is -2.33. The van der Waals surface area contributed by atoms with Gasteiger partial charge >= 0.3 is 5.69 Å². The molecule has 1 N–H and O–H groups in total. The molecule has 0 bridgehead atoms. The summed E-state index contributed by atoms with van der Waals surface area (Å²) in [6, 6.07) is 12.8. The highest BCUT2D eigenvalue weighted by Crippen LogP contribution is 2.41. The molecule has 0 aromatic heterocycles. The number of nitrogens with one attached hydrogen (secondary N) is 1. The smallest absolute Gasteiger partial charge is 0.311 e. The second-order valence-electron chi connectivity index (χ2n) is 6.81. The van der Waals surface area contributed by atoms with Crippen LogP contribution < -0.4 is 10.1 Å². The van der Waals surface area contributed by atoms with Gasteiger partial charge in [0.25, 0.3) is 5.91 Å². The van der Waals surface area contributed by atoms with E-state index in [1.165, 1.54) is 17.7 Å². The number of hydrogen-bond donors (Lipinski definition) is 1. The van der Waals surface area contributed by atoms with Gasteiger partial charge < -0.3 is 10.1 Å². The van der Waals surface area contributed by atoms with E-state index in [-0.39, 0.29) is 30.0 Å². The van der Waals surface area contributed by atoms with Crippen molar-refractivity contribution in [2.75, 3.05) is 6.61 Å². The molecule has 2 aromatic rings. The van der Waals surface area contributed by atoms with Gasteiger partial charge in [-0.1, -0.05) is 35.9 Å². The Morgan fingerprint density at radius 3 is 2.46 bits per heavy atom. The maximum absolute atomic E-state index is 12.3. The predicted molar refractivity (Wildman–Crippen MR) is 98.1 cm³/mol. The molecule has 1 saturated carbocycles. The van der Waals surface area contributed by atoms with Crippen molar-refractivity contribution in [2.45, 2.75) is 32.7 Å². The lowest BCUT2D eigenvalue weighted by atomic mass is 10.0. The summed E-state index contributed by atoms with van der Waals surface area (Å²) in [7, 11) is 0. The summed E-state index contributed by atoms with van der Waals surface area (Å²) < 4.78 is 5.42. The number of nitrogens with zero attached hydrogens (tertiary/aromatic N) is 1. The summed E-state index contributed by atoms with van der Waals surface area (Å²) in [6.45, 7) is 3.54. The second-order valence-corrected chi connectivity index (χ2v) is 6.81. The van der Waals surface area contributed by atoms with E-state index >= 15 is 0 Å². The third kappa shape index (κ3) is 4.39. The molecule has 0 aliphatic heterocycles. The molecule has 1 fully saturated rings. The molecule has 136 valence electrons. The van der Waals surface area contributed by atoms with Crippen molar-refractivity contribution in [3.8, 4) is 5.75 Å². The second kappa shape index (κ2) is 7.56. The van der Waals surface area contributed by atoms with Crippen molar-refractivity contribution in [3.63, 3.8) is 0 Å². The number of ether oxygens (including phenoxy) is 1. The first-order chi connectivity index (χ1) is 12.4. The fourth-order valence-electron chi connectivity index (χ4n) is 2.93. The van der Waals surface area contributed by atoms with E-state index in [4.69, 9.17) is 4.74 Å². The highest BCUT2D eigenvalue weighted by Gasteiger charge is 2.33. The van der Waals surface area contributed by atoms with E-state index in [1.807, 2.05) is 31.2 Å². The molecule has 0 saturated heterocycles. The molecule has 1 atom stereocenters. The zero-order valence-electron chi connectivity index (χ0n) is 14.9. The first-order valence-corrected chi connectivity index (χ1v) is 8.68. The van der Waals surface area contributed by atoms with Crippen LogP contribution in [-0.2, 0) is 4.79 Å². The number of amides is 1. The third-order valence-electron chi connectivity index (χ3n) is 4.52. The number of benzene rings is 2. The van der Waals surface area contributed by atoms with E-state index in [2.05, 4.69) is 5.32 Å². The van der Waals surface area contributed by atoms with Gasteiger partial charge in [-0.2, -0.15) is 0 Å². The Morgan fingerprint density at radius 2 is 1.85 bits per heavy atom. The minimum Gasteiger partial charge on any atom is -0.477 e. The molecule has 6 nitrogen and oxygen atoms in total. The topological polar surface area (TPSA) is 81.5 Å². The Kier molecular flexibility index (Phi) is 5.21. The minimum absolute atomic E-state index is 0.0419. The van der Waals surface area contributed by atoms with E-state index in [1.54, 1.807) is 13.0 Å². The van der Waals surface area contributed by atoms with Crippen molar-refractivity contribution in [1.82, 2.24) is 5.32 Å².